The van der Waals surface area contributed by atoms with Gasteiger partial charge in [-0.1, -0.05) is 6.07 Å². The predicted molar refractivity (Wildman–Crippen MR) is 106 cm³/mol. The van der Waals surface area contributed by atoms with Gasteiger partial charge in [0.2, 0.25) is 5.91 Å². The molecule has 1 aliphatic rings. The molecule has 2 rings (SSSR count). The highest BCUT2D eigenvalue weighted by molar-refractivity contribution is 8.08. The third kappa shape index (κ3) is 4.82. The normalized spacial score (nSPS) is 22.0. The summed E-state index contributed by atoms with van der Waals surface area (Å²) < 4.78 is 13.7. The molecule has 5 nitrogen and oxygen atoms in total. The molecular formula is C19H21ClFN3O2S. The first-order valence-electron chi connectivity index (χ1n) is 8.34. The molecule has 0 aromatic heterocycles. The van der Waals surface area contributed by atoms with Gasteiger partial charge >= 0.3 is 6.03 Å². The van der Waals surface area contributed by atoms with Crippen molar-refractivity contribution in [2.75, 3.05) is 12.8 Å². The topological polar surface area (TPSA) is 73.2 Å². The van der Waals surface area contributed by atoms with Gasteiger partial charge in [0.05, 0.1) is 22.9 Å². The molecule has 3 amide bonds. The van der Waals surface area contributed by atoms with E-state index in [1.54, 1.807) is 6.07 Å². The van der Waals surface area contributed by atoms with Gasteiger partial charge in [-0.05, 0) is 44.0 Å². The molecule has 27 heavy (non-hydrogen) atoms. The van der Waals surface area contributed by atoms with Gasteiger partial charge in [-0.25, -0.2) is 9.18 Å². The SMILES string of the molecule is C/C(=C(/SC[C@]1(C)CC(=O)N(C)C(=O)N1)c1ccc(F)c(C#N)c1)C(C)Cl. The molecule has 144 valence electrons. The van der Waals surface area contributed by atoms with E-state index >= 15 is 0 Å². The number of allylic oxidation sites excluding steroid dienone is 1. The van der Waals surface area contributed by atoms with Gasteiger partial charge in [-0.2, -0.15) is 5.26 Å². The number of nitrogens with zero attached hydrogens (tertiary/aromatic N) is 2. The predicted octanol–water partition coefficient (Wildman–Crippen LogP) is 4.12. The van der Waals surface area contributed by atoms with Crippen LogP contribution in [0.1, 0.15) is 38.3 Å². The second-order valence-corrected chi connectivity index (χ2v) is 8.48. The largest absolute Gasteiger partial charge is 0.331 e. The van der Waals surface area contributed by atoms with Gasteiger partial charge in [0, 0.05) is 17.7 Å². The lowest BCUT2D eigenvalue weighted by Crippen LogP contribution is -2.60. The second-order valence-electron chi connectivity index (χ2n) is 6.84. The van der Waals surface area contributed by atoms with Crippen molar-refractivity contribution in [3.8, 4) is 6.07 Å². The Labute approximate surface area is 167 Å². The van der Waals surface area contributed by atoms with Crippen molar-refractivity contribution < 1.29 is 14.0 Å². The highest BCUT2D eigenvalue weighted by Gasteiger charge is 2.38. The maximum atomic E-state index is 13.7. The molecule has 8 heteroatoms. The van der Waals surface area contributed by atoms with Gasteiger partial charge in [0.1, 0.15) is 11.9 Å². The Bertz CT molecular complexity index is 830. The van der Waals surface area contributed by atoms with Gasteiger partial charge in [0.25, 0.3) is 0 Å². The summed E-state index contributed by atoms with van der Waals surface area (Å²) in [5.41, 5.74) is 0.780. The molecule has 1 aliphatic heterocycles. The van der Waals surface area contributed by atoms with E-state index in [0.29, 0.717) is 11.3 Å². The quantitative estimate of drug-likeness (QED) is 0.742. The number of carbonyl (C=O) groups is 2. The number of rotatable bonds is 5. The fraction of sp³-hybridized carbons (Fsp3) is 0.421. The Morgan fingerprint density at radius 2 is 2.19 bits per heavy atom. The molecule has 0 radical (unpaired) electrons. The second kappa shape index (κ2) is 8.32. The summed E-state index contributed by atoms with van der Waals surface area (Å²) in [5, 5.41) is 11.7. The number of hydrogen-bond acceptors (Lipinski definition) is 4. The van der Waals surface area contributed by atoms with Crippen LogP contribution in [0.25, 0.3) is 4.91 Å². The fourth-order valence-electron chi connectivity index (χ4n) is 2.63. The van der Waals surface area contributed by atoms with Crippen LogP contribution in [0, 0.1) is 17.1 Å². The third-order valence-electron chi connectivity index (χ3n) is 4.47. The number of imide groups is 1. The van der Waals surface area contributed by atoms with E-state index in [0.717, 1.165) is 15.4 Å². The van der Waals surface area contributed by atoms with Crippen LogP contribution in [0.5, 0.6) is 0 Å². The monoisotopic (exact) mass is 409 g/mol. The molecule has 1 aromatic rings. The molecule has 2 atom stereocenters. The molecule has 0 spiro atoms. The lowest BCUT2D eigenvalue weighted by atomic mass is 9.98. The number of nitrogens with one attached hydrogen (secondary N) is 1. The third-order valence-corrected chi connectivity index (χ3v) is 6.42. The Hall–Kier alpha value is -2.04. The van der Waals surface area contributed by atoms with Gasteiger partial charge < -0.3 is 5.32 Å². The van der Waals surface area contributed by atoms with Crippen LogP contribution in [0.15, 0.2) is 23.8 Å². The van der Waals surface area contributed by atoms with E-state index in [1.165, 1.54) is 30.9 Å². The molecule has 1 aromatic carbocycles. The van der Waals surface area contributed by atoms with Crippen molar-refractivity contribution in [2.24, 2.45) is 0 Å². The number of carbonyl (C=O) groups excluding carboxylic acids is 2. The number of amides is 3. The molecule has 0 aliphatic carbocycles. The molecule has 0 saturated carbocycles. The molecular weight excluding hydrogens is 389 g/mol. The fourth-order valence-corrected chi connectivity index (χ4v) is 4.14. The molecule has 0 bridgehead atoms. The van der Waals surface area contributed by atoms with E-state index in [9.17, 15) is 14.0 Å². The highest BCUT2D eigenvalue weighted by Crippen LogP contribution is 2.37. The van der Waals surface area contributed by atoms with Crippen LogP contribution < -0.4 is 5.32 Å². The summed E-state index contributed by atoms with van der Waals surface area (Å²) >= 11 is 7.68. The number of nitriles is 1. The van der Waals surface area contributed by atoms with Crippen LogP contribution >= 0.6 is 23.4 Å². The average Bonchev–Trinajstić information content (AvgIpc) is 2.60. The molecule has 1 fully saturated rings. The zero-order chi connectivity index (χ0) is 20.4. The van der Waals surface area contributed by atoms with Crippen LogP contribution in [-0.4, -0.2) is 40.6 Å². The van der Waals surface area contributed by atoms with Crippen LogP contribution in [0.2, 0.25) is 0 Å². The van der Waals surface area contributed by atoms with Gasteiger partial charge in [-0.15, -0.1) is 23.4 Å². The summed E-state index contributed by atoms with van der Waals surface area (Å²) in [6, 6.07) is 5.75. The highest BCUT2D eigenvalue weighted by atomic mass is 35.5. The van der Waals surface area contributed by atoms with Crippen molar-refractivity contribution >= 4 is 40.2 Å². The van der Waals surface area contributed by atoms with Crippen molar-refractivity contribution in [3.05, 3.63) is 40.7 Å². The lowest BCUT2D eigenvalue weighted by molar-refractivity contribution is -0.130. The van der Waals surface area contributed by atoms with Gasteiger partial charge in [-0.3, -0.25) is 9.69 Å². The number of hydrogen-bond donors (Lipinski definition) is 1. The minimum atomic E-state index is -0.718. The zero-order valence-corrected chi connectivity index (χ0v) is 17.2. The smallest absolute Gasteiger partial charge is 0.324 e. The van der Waals surface area contributed by atoms with E-state index in [2.05, 4.69) is 5.32 Å². The maximum absolute atomic E-state index is 13.7. The first-order chi connectivity index (χ1) is 12.6. The van der Waals surface area contributed by atoms with Crippen LogP contribution in [-0.2, 0) is 4.79 Å². The number of halogens is 2. The van der Waals surface area contributed by atoms with E-state index in [4.69, 9.17) is 16.9 Å². The van der Waals surface area contributed by atoms with Crippen molar-refractivity contribution in [3.63, 3.8) is 0 Å². The van der Waals surface area contributed by atoms with Crippen LogP contribution in [0.4, 0.5) is 9.18 Å². The average molecular weight is 410 g/mol. The Balaban J connectivity index is 2.33. The maximum Gasteiger partial charge on any atom is 0.324 e. The summed E-state index contributed by atoms with van der Waals surface area (Å²) in [6.45, 7) is 5.51. The van der Waals surface area contributed by atoms with Crippen LogP contribution in [0.3, 0.4) is 0 Å². The van der Waals surface area contributed by atoms with Crippen molar-refractivity contribution in [2.45, 2.75) is 38.1 Å². The first-order valence-corrected chi connectivity index (χ1v) is 9.76. The summed E-state index contributed by atoms with van der Waals surface area (Å²) in [7, 11) is 1.44. The Kier molecular flexibility index (Phi) is 6.55. The van der Waals surface area contributed by atoms with Crippen molar-refractivity contribution in [1.82, 2.24) is 10.2 Å². The molecule has 1 unspecified atom stereocenters. The molecule has 1 N–H and O–H groups in total. The minimum absolute atomic E-state index is 0.0467. The lowest BCUT2D eigenvalue weighted by Gasteiger charge is -2.37. The molecule has 1 saturated heterocycles. The van der Waals surface area contributed by atoms with E-state index in [1.807, 2.05) is 26.8 Å². The van der Waals surface area contributed by atoms with Gasteiger partial charge in [0.15, 0.2) is 0 Å². The number of benzene rings is 1. The summed E-state index contributed by atoms with van der Waals surface area (Å²) in [5.74, 6) is -0.404. The number of thioether (sulfide) groups is 1. The molecule has 1 heterocycles. The van der Waals surface area contributed by atoms with Crippen molar-refractivity contribution in [1.29, 1.82) is 5.26 Å². The standard InChI is InChI=1S/C19H21ClFN3O2S/c1-11(12(2)20)17(13-5-6-15(21)14(7-13)9-22)27-10-19(3)8-16(25)24(4)18(26)23-19/h5-7,12H,8,10H2,1-4H3,(H,23,26)/b17-11-/t12?,19-/m0/s1. The Morgan fingerprint density at radius 3 is 2.74 bits per heavy atom. The van der Waals surface area contributed by atoms with E-state index in [-0.39, 0.29) is 23.3 Å². The number of urea groups is 1. The summed E-state index contributed by atoms with van der Waals surface area (Å²) in [4.78, 5) is 25.9. The number of alkyl halides is 1. The van der Waals surface area contributed by atoms with E-state index < -0.39 is 17.4 Å². The Morgan fingerprint density at radius 1 is 1.52 bits per heavy atom. The summed E-state index contributed by atoms with van der Waals surface area (Å²) in [6.07, 6.45) is 0.178. The minimum Gasteiger partial charge on any atom is -0.331 e. The first kappa shape index (κ1) is 21.3. The zero-order valence-electron chi connectivity index (χ0n) is 15.6.